The van der Waals surface area contributed by atoms with Gasteiger partial charge in [-0.3, -0.25) is 0 Å². The molecule has 0 aromatic heterocycles. The number of hydrogen-bond donors (Lipinski definition) is 0. The average Bonchev–Trinajstić information content (AvgIpc) is 2.51. The maximum Gasteiger partial charge on any atom is 0.195 e. The van der Waals surface area contributed by atoms with E-state index in [1.54, 1.807) is 0 Å². The fourth-order valence-electron chi connectivity index (χ4n) is 1.88. The van der Waals surface area contributed by atoms with Crippen LogP contribution in [-0.4, -0.2) is 62.7 Å². The average molecular weight is 213 g/mol. The number of hydrogen-bond acceptors (Lipinski definition) is 2. The lowest BCUT2D eigenvalue weighted by molar-refractivity contribution is 0.0281. The molecule has 1 unspecified atom stereocenters. The molecule has 1 rings (SSSR count). The molecule has 1 atom stereocenters. The Morgan fingerprint density at radius 1 is 1.27 bits per heavy atom. The normalized spacial score (nSPS) is 25.1. The molecular formula is C11H23N3O. The van der Waals surface area contributed by atoms with Gasteiger partial charge in [0.1, 0.15) is 0 Å². The summed E-state index contributed by atoms with van der Waals surface area (Å²) in [7, 11) is 8.04. The molecule has 1 aliphatic rings. The summed E-state index contributed by atoms with van der Waals surface area (Å²) in [6.45, 7) is 3.77. The Morgan fingerprint density at radius 3 is 2.27 bits per heavy atom. The lowest BCUT2D eigenvalue weighted by atomic mass is 10.0. The Bertz CT molecular complexity index is 220. The molecular weight excluding hydrogens is 190 g/mol. The number of ether oxygens (including phenoxy) is 1. The van der Waals surface area contributed by atoms with Crippen LogP contribution in [0.4, 0.5) is 0 Å². The first-order valence-electron chi connectivity index (χ1n) is 5.48. The molecule has 0 bridgehead atoms. The summed E-state index contributed by atoms with van der Waals surface area (Å²) in [5, 5.41) is 0. The van der Waals surface area contributed by atoms with Crippen molar-refractivity contribution in [2.45, 2.75) is 25.4 Å². The minimum Gasteiger partial charge on any atom is -0.373 e. The van der Waals surface area contributed by atoms with Gasteiger partial charge in [-0.05, 0) is 19.8 Å². The third-order valence-corrected chi connectivity index (χ3v) is 2.66. The Kier molecular flexibility index (Phi) is 3.97. The van der Waals surface area contributed by atoms with Gasteiger partial charge in [-0.2, -0.15) is 0 Å². The van der Waals surface area contributed by atoms with Crippen LogP contribution in [0.3, 0.4) is 0 Å². The molecule has 88 valence electrons. The molecule has 1 aliphatic heterocycles. The van der Waals surface area contributed by atoms with Gasteiger partial charge in [0, 0.05) is 34.8 Å². The first kappa shape index (κ1) is 12.3. The summed E-state index contributed by atoms with van der Waals surface area (Å²) in [5.74, 6) is 0.992. The predicted molar refractivity (Wildman–Crippen MR) is 63.3 cm³/mol. The zero-order valence-corrected chi connectivity index (χ0v) is 10.6. The minimum absolute atomic E-state index is 0.0444. The van der Waals surface area contributed by atoms with E-state index in [2.05, 4.69) is 11.9 Å². The van der Waals surface area contributed by atoms with Crippen LogP contribution in [0.5, 0.6) is 0 Å². The second kappa shape index (κ2) is 4.84. The quantitative estimate of drug-likeness (QED) is 0.507. The molecule has 15 heavy (non-hydrogen) atoms. The Morgan fingerprint density at radius 2 is 1.87 bits per heavy atom. The molecule has 1 saturated heterocycles. The van der Waals surface area contributed by atoms with E-state index in [9.17, 15) is 0 Å². The monoisotopic (exact) mass is 213 g/mol. The molecule has 0 aromatic carbocycles. The first-order chi connectivity index (χ1) is 6.94. The Labute approximate surface area is 92.9 Å². The third kappa shape index (κ3) is 3.38. The van der Waals surface area contributed by atoms with Crippen molar-refractivity contribution in [3.05, 3.63) is 0 Å². The van der Waals surface area contributed by atoms with E-state index >= 15 is 0 Å². The van der Waals surface area contributed by atoms with Gasteiger partial charge in [0.05, 0.1) is 12.1 Å². The van der Waals surface area contributed by atoms with Crippen LogP contribution in [0, 0.1) is 0 Å². The van der Waals surface area contributed by atoms with Gasteiger partial charge in [-0.1, -0.05) is 0 Å². The molecule has 0 aliphatic carbocycles. The second-order valence-electron chi connectivity index (χ2n) is 4.81. The zero-order chi connectivity index (χ0) is 11.5. The van der Waals surface area contributed by atoms with Crippen molar-refractivity contribution in [3.63, 3.8) is 0 Å². The summed E-state index contributed by atoms with van der Waals surface area (Å²) in [6, 6.07) is 0. The van der Waals surface area contributed by atoms with Gasteiger partial charge in [0.25, 0.3) is 0 Å². The Hall–Kier alpha value is -0.770. The number of aliphatic imine (C=N–C) groups is 1. The van der Waals surface area contributed by atoms with Gasteiger partial charge in [-0.25, -0.2) is 4.99 Å². The van der Waals surface area contributed by atoms with Crippen molar-refractivity contribution in [2.24, 2.45) is 4.99 Å². The summed E-state index contributed by atoms with van der Waals surface area (Å²) in [4.78, 5) is 8.67. The fraction of sp³-hybridized carbons (Fsp3) is 0.909. The molecule has 0 saturated carbocycles. The van der Waals surface area contributed by atoms with Crippen molar-refractivity contribution in [2.75, 3.05) is 41.3 Å². The van der Waals surface area contributed by atoms with Gasteiger partial charge in [0.15, 0.2) is 5.96 Å². The zero-order valence-electron chi connectivity index (χ0n) is 10.6. The maximum absolute atomic E-state index is 5.71. The number of rotatable bonds is 2. The lowest BCUT2D eigenvalue weighted by Gasteiger charge is -2.26. The van der Waals surface area contributed by atoms with Crippen molar-refractivity contribution < 1.29 is 4.74 Å². The Balaban J connectivity index is 2.60. The van der Waals surface area contributed by atoms with E-state index < -0.39 is 0 Å². The van der Waals surface area contributed by atoms with Crippen LogP contribution >= 0.6 is 0 Å². The highest BCUT2D eigenvalue weighted by Gasteiger charge is 2.29. The van der Waals surface area contributed by atoms with Crippen LogP contribution in [0.2, 0.25) is 0 Å². The fourth-order valence-corrected chi connectivity index (χ4v) is 1.88. The predicted octanol–water partition coefficient (Wildman–Crippen LogP) is 1.03. The molecule has 4 heteroatoms. The molecule has 1 heterocycles. The van der Waals surface area contributed by atoms with E-state index in [1.165, 1.54) is 0 Å². The van der Waals surface area contributed by atoms with E-state index in [0.29, 0.717) is 0 Å². The van der Waals surface area contributed by atoms with Gasteiger partial charge >= 0.3 is 0 Å². The smallest absolute Gasteiger partial charge is 0.195 e. The highest BCUT2D eigenvalue weighted by molar-refractivity contribution is 5.79. The SMILES string of the molecule is CN(C)C(=NCC1(C)CCCO1)N(C)C. The van der Waals surface area contributed by atoms with Crippen LogP contribution in [-0.2, 0) is 4.74 Å². The van der Waals surface area contributed by atoms with Crippen LogP contribution in [0.25, 0.3) is 0 Å². The summed E-state index contributed by atoms with van der Waals surface area (Å²) in [5.41, 5.74) is -0.0444. The lowest BCUT2D eigenvalue weighted by Crippen LogP contribution is -2.37. The molecule has 0 spiro atoms. The number of guanidine groups is 1. The molecule has 0 amide bonds. The second-order valence-corrected chi connectivity index (χ2v) is 4.81. The van der Waals surface area contributed by atoms with Crippen molar-refractivity contribution in [3.8, 4) is 0 Å². The van der Waals surface area contributed by atoms with Crippen molar-refractivity contribution in [1.82, 2.24) is 9.80 Å². The van der Waals surface area contributed by atoms with Crippen molar-refractivity contribution in [1.29, 1.82) is 0 Å². The summed E-state index contributed by atoms with van der Waals surface area (Å²) in [6.07, 6.45) is 2.27. The molecule has 0 N–H and O–H groups in total. The highest BCUT2D eigenvalue weighted by atomic mass is 16.5. The molecule has 1 fully saturated rings. The van der Waals surface area contributed by atoms with Crippen LogP contribution in [0.15, 0.2) is 4.99 Å². The largest absolute Gasteiger partial charge is 0.373 e. The van der Waals surface area contributed by atoms with Crippen LogP contribution < -0.4 is 0 Å². The topological polar surface area (TPSA) is 28.1 Å². The van der Waals surface area contributed by atoms with E-state index in [4.69, 9.17) is 4.74 Å². The van der Waals surface area contributed by atoms with E-state index in [0.717, 1.165) is 32.0 Å². The summed E-state index contributed by atoms with van der Waals surface area (Å²) >= 11 is 0. The number of nitrogens with zero attached hydrogens (tertiary/aromatic N) is 3. The minimum atomic E-state index is -0.0444. The summed E-state index contributed by atoms with van der Waals surface area (Å²) < 4.78 is 5.71. The first-order valence-corrected chi connectivity index (χ1v) is 5.48. The standard InChI is InChI=1S/C11H23N3O/c1-11(7-6-8-15-11)9-12-10(13(2)3)14(4)5/h6-9H2,1-5H3. The van der Waals surface area contributed by atoms with Crippen molar-refractivity contribution >= 4 is 5.96 Å². The maximum atomic E-state index is 5.71. The third-order valence-electron chi connectivity index (χ3n) is 2.66. The molecule has 0 aromatic rings. The van der Waals surface area contributed by atoms with E-state index in [1.807, 2.05) is 38.0 Å². The molecule has 0 radical (unpaired) electrons. The van der Waals surface area contributed by atoms with Gasteiger partial charge < -0.3 is 14.5 Å². The van der Waals surface area contributed by atoms with Gasteiger partial charge in [-0.15, -0.1) is 0 Å². The van der Waals surface area contributed by atoms with E-state index in [-0.39, 0.29) is 5.60 Å². The van der Waals surface area contributed by atoms with Crippen LogP contribution in [0.1, 0.15) is 19.8 Å². The van der Waals surface area contributed by atoms with Gasteiger partial charge in [0.2, 0.25) is 0 Å². The highest BCUT2D eigenvalue weighted by Crippen LogP contribution is 2.25. The molecule has 4 nitrogen and oxygen atoms in total.